The van der Waals surface area contributed by atoms with Gasteiger partial charge in [0.05, 0.1) is 12.8 Å². The summed E-state index contributed by atoms with van der Waals surface area (Å²) < 4.78 is 5.86. The summed E-state index contributed by atoms with van der Waals surface area (Å²) in [6, 6.07) is 5.16. The van der Waals surface area contributed by atoms with E-state index < -0.39 is 0 Å². The van der Waals surface area contributed by atoms with Crippen molar-refractivity contribution in [3.63, 3.8) is 0 Å². The van der Waals surface area contributed by atoms with Crippen LogP contribution in [0.1, 0.15) is 0 Å². The standard InChI is InChI=1S/C12H18BrN3O2/c1-16(2)7-6-14-12(17)15-11-5-4-9(18-3)8-10(11)13/h4-5,8H,6-7H2,1-3H3,(H2,14,15,17). The van der Waals surface area contributed by atoms with E-state index in [2.05, 4.69) is 26.6 Å². The van der Waals surface area contributed by atoms with Gasteiger partial charge in [-0.1, -0.05) is 0 Å². The number of carbonyl (C=O) groups is 1. The lowest BCUT2D eigenvalue weighted by atomic mass is 10.3. The molecule has 1 aromatic rings. The Hall–Kier alpha value is -1.27. The molecule has 100 valence electrons. The first-order valence-electron chi connectivity index (χ1n) is 5.56. The van der Waals surface area contributed by atoms with Crippen LogP contribution in [0.25, 0.3) is 0 Å². The van der Waals surface area contributed by atoms with Crippen molar-refractivity contribution in [2.24, 2.45) is 0 Å². The summed E-state index contributed by atoms with van der Waals surface area (Å²) in [4.78, 5) is 13.6. The molecule has 2 amide bonds. The molecule has 0 bridgehead atoms. The fourth-order valence-corrected chi connectivity index (χ4v) is 1.74. The lowest BCUT2D eigenvalue weighted by molar-refractivity contribution is 0.250. The Labute approximate surface area is 116 Å². The number of nitrogens with one attached hydrogen (secondary N) is 2. The number of halogens is 1. The van der Waals surface area contributed by atoms with Gasteiger partial charge in [-0.2, -0.15) is 0 Å². The Balaban J connectivity index is 2.49. The third kappa shape index (κ3) is 4.93. The largest absolute Gasteiger partial charge is 0.497 e. The van der Waals surface area contributed by atoms with E-state index >= 15 is 0 Å². The second-order valence-corrected chi connectivity index (χ2v) is 4.88. The van der Waals surface area contributed by atoms with E-state index in [1.165, 1.54) is 0 Å². The fraction of sp³-hybridized carbons (Fsp3) is 0.417. The van der Waals surface area contributed by atoms with E-state index in [-0.39, 0.29) is 6.03 Å². The first-order valence-corrected chi connectivity index (χ1v) is 6.35. The number of carbonyl (C=O) groups excluding carboxylic acids is 1. The van der Waals surface area contributed by atoms with Crippen molar-refractivity contribution >= 4 is 27.6 Å². The van der Waals surface area contributed by atoms with Crippen LogP contribution in [0.5, 0.6) is 5.75 Å². The normalized spacial score (nSPS) is 10.3. The number of hydrogen-bond acceptors (Lipinski definition) is 3. The van der Waals surface area contributed by atoms with Crippen LogP contribution < -0.4 is 15.4 Å². The van der Waals surface area contributed by atoms with Crippen molar-refractivity contribution in [3.05, 3.63) is 22.7 Å². The predicted molar refractivity (Wildman–Crippen MR) is 76.3 cm³/mol. The number of hydrogen-bond donors (Lipinski definition) is 2. The van der Waals surface area contributed by atoms with Crippen LogP contribution in [0.3, 0.4) is 0 Å². The quantitative estimate of drug-likeness (QED) is 0.875. The number of benzene rings is 1. The Morgan fingerprint density at radius 3 is 2.72 bits per heavy atom. The topological polar surface area (TPSA) is 53.6 Å². The highest BCUT2D eigenvalue weighted by Crippen LogP contribution is 2.26. The zero-order valence-electron chi connectivity index (χ0n) is 10.8. The van der Waals surface area contributed by atoms with Gasteiger partial charge in [-0.05, 0) is 48.2 Å². The average Bonchev–Trinajstić information content (AvgIpc) is 2.31. The summed E-state index contributed by atoms with van der Waals surface area (Å²) in [5.74, 6) is 0.737. The number of rotatable bonds is 5. The maximum absolute atomic E-state index is 11.6. The molecule has 0 unspecified atom stereocenters. The van der Waals surface area contributed by atoms with E-state index in [1.54, 1.807) is 25.3 Å². The van der Waals surface area contributed by atoms with E-state index in [4.69, 9.17) is 4.74 Å². The second-order valence-electron chi connectivity index (χ2n) is 4.03. The van der Waals surface area contributed by atoms with Crippen molar-refractivity contribution in [2.45, 2.75) is 0 Å². The first kappa shape index (κ1) is 14.8. The maximum Gasteiger partial charge on any atom is 0.319 e. The summed E-state index contributed by atoms with van der Waals surface area (Å²) in [6.45, 7) is 1.41. The number of urea groups is 1. The zero-order valence-corrected chi connectivity index (χ0v) is 12.4. The highest BCUT2D eigenvalue weighted by molar-refractivity contribution is 9.10. The van der Waals surface area contributed by atoms with Crippen molar-refractivity contribution < 1.29 is 9.53 Å². The van der Waals surface area contributed by atoms with Crippen LogP contribution >= 0.6 is 15.9 Å². The molecule has 5 nitrogen and oxygen atoms in total. The number of likely N-dealkylation sites (N-methyl/N-ethyl adjacent to an activating group) is 1. The Morgan fingerprint density at radius 2 is 2.17 bits per heavy atom. The smallest absolute Gasteiger partial charge is 0.319 e. The van der Waals surface area contributed by atoms with Gasteiger partial charge in [-0.25, -0.2) is 4.79 Å². The van der Waals surface area contributed by atoms with Crippen LogP contribution in [0.4, 0.5) is 10.5 Å². The molecule has 0 radical (unpaired) electrons. The van der Waals surface area contributed by atoms with Gasteiger partial charge in [0.1, 0.15) is 5.75 Å². The van der Waals surface area contributed by atoms with Crippen molar-refractivity contribution in [2.75, 3.05) is 39.6 Å². The molecule has 0 saturated carbocycles. The Morgan fingerprint density at radius 1 is 1.44 bits per heavy atom. The van der Waals surface area contributed by atoms with Crippen LogP contribution in [-0.2, 0) is 0 Å². The van der Waals surface area contributed by atoms with E-state index in [1.807, 2.05) is 19.0 Å². The minimum Gasteiger partial charge on any atom is -0.497 e. The predicted octanol–water partition coefficient (Wildman–Crippen LogP) is 2.14. The van der Waals surface area contributed by atoms with Gasteiger partial charge in [-0.15, -0.1) is 0 Å². The zero-order chi connectivity index (χ0) is 13.5. The third-order valence-electron chi connectivity index (χ3n) is 2.27. The highest BCUT2D eigenvalue weighted by atomic mass is 79.9. The summed E-state index contributed by atoms with van der Waals surface area (Å²) in [5, 5.41) is 5.54. The Kier molecular flexibility index (Phi) is 5.94. The highest BCUT2D eigenvalue weighted by Gasteiger charge is 2.05. The molecule has 1 aromatic carbocycles. The minimum absolute atomic E-state index is 0.220. The Bertz CT molecular complexity index is 410. The molecule has 0 atom stereocenters. The molecule has 18 heavy (non-hydrogen) atoms. The average molecular weight is 316 g/mol. The van der Waals surface area contributed by atoms with E-state index in [0.29, 0.717) is 12.2 Å². The van der Waals surface area contributed by atoms with Gasteiger partial charge >= 0.3 is 6.03 Å². The summed E-state index contributed by atoms with van der Waals surface area (Å²) in [6.07, 6.45) is 0. The number of nitrogens with zero attached hydrogens (tertiary/aromatic N) is 1. The molecule has 0 aromatic heterocycles. The lowest BCUT2D eigenvalue weighted by Gasteiger charge is -2.12. The monoisotopic (exact) mass is 315 g/mol. The number of anilines is 1. The molecule has 0 aliphatic rings. The lowest BCUT2D eigenvalue weighted by Crippen LogP contribution is -2.34. The van der Waals surface area contributed by atoms with E-state index in [0.717, 1.165) is 16.8 Å². The molecule has 1 rings (SSSR count). The van der Waals surface area contributed by atoms with Crippen LogP contribution in [0, 0.1) is 0 Å². The first-order chi connectivity index (χ1) is 8.52. The SMILES string of the molecule is COc1ccc(NC(=O)NCCN(C)C)c(Br)c1. The van der Waals surface area contributed by atoms with Crippen LogP contribution in [0.2, 0.25) is 0 Å². The molecule has 0 fully saturated rings. The van der Waals surface area contributed by atoms with Gasteiger partial charge < -0.3 is 20.3 Å². The summed E-state index contributed by atoms with van der Waals surface area (Å²) in [7, 11) is 5.52. The molecule has 0 aliphatic heterocycles. The van der Waals surface area contributed by atoms with Gasteiger partial charge in [0, 0.05) is 17.6 Å². The van der Waals surface area contributed by atoms with Gasteiger partial charge in [0.25, 0.3) is 0 Å². The molecule has 6 heteroatoms. The molecular weight excluding hydrogens is 298 g/mol. The van der Waals surface area contributed by atoms with Gasteiger partial charge in [0.15, 0.2) is 0 Å². The number of amides is 2. The summed E-state index contributed by atoms with van der Waals surface area (Å²) in [5.41, 5.74) is 0.707. The van der Waals surface area contributed by atoms with Crippen molar-refractivity contribution in [3.8, 4) is 5.75 Å². The number of ether oxygens (including phenoxy) is 1. The molecule has 0 spiro atoms. The molecule has 0 aliphatic carbocycles. The number of methoxy groups -OCH3 is 1. The van der Waals surface area contributed by atoms with Crippen LogP contribution in [-0.4, -0.2) is 45.2 Å². The van der Waals surface area contributed by atoms with E-state index in [9.17, 15) is 4.79 Å². The summed E-state index contributed by atoms with van der Waals surface area (Å²) >= 11 is 3.38. The van der Waals surface area contributed by atoms with Crippen molar-refractivity contribution in [1.82, 2.24) is 10.2 Å². The van der Waals surface area contributed by atoms with Gasteiger partial charge in [0.2, 0.25) is 0 Å². The molecular formula is C12H18BrN3O2. The van der Waals surface area contributed by atoms with Crippen molar-refractivity contribution in [1.29, 1.82) is 0 Å². The van der Waals surface area contributed by atoms with Gasteiger partial charge in [-0.3, -0.25) is 0 Å². The minimum atomic E-state index is -0.220. The molecule has 2 N–H and O–H groups in total. The third-order valence-corrected chi connectivity index (χ3v) is 2.93. The van der Waals surface area contributed by atoms with Crippen LogP contribution in [0.15, 0.2) is 22.7 Å². The second kappa shape index (κ2) is 7.23. The molecule has 0 heterocycles. The fourth-order valence-electron chi connectivity index (χ4n) is 1.28. The maximum atomic E-state index is 11.6. The molecule has 0 saturated heterocycles.